The van der Waals surface area contributed by atoms with Crippen LogP contribution in [0.5, 0.6) is 0 Å². The van der Waals surface area contributed by atoms with Crippen LogP contribution in [-0.2, 0) is 6.61 Å². The number of aromatic nitrogens is 1. The Balaban J connectivity index is 2.36. The highest BCUT2D eigenvalue weighted by molar-refractivity contribution is 5.42. The Hall–Kier alpha value is -1.13. The fourth-order valence-corrected chi connectivity index (χ4v) is 1.33. The number of hydrogen-bond acceptors (Lipinski definition) is 4. The van der Waals surface area contributed by atoms with Gasteiger partial charge in [0.05, 0.1) is 6.61 Å². The predicted molar refractivity (Wildman–Crippen MR) is 61.8 cm³/mol. The molecule has 0 amide bonds. The van der Waals surface area contributed by atoms with E-state index in [0.717, 1.165) is 30.9 Å². The summed E-state index contributed by atoms with van der Waals surface area (Å²) in [5, 5.41) is 12.3. The van der Waals surface area contributed by atoms with Gasteiger partial charge in [0.1, 0.15) is 5.82 Å². The van der Waals surface area contributed by atoms with Crippen LogP contribution in [0.1, 0.15) is 12.0 Å². The van der Waals surface area contributed by atoms with Gasteiger partial charge in [-0.3, -0.25) is 0 Å². The van der Waals surface area contributed by atoms with Crippen molar-refractivity contribution < 1.29 is 5.11 Å². The standard InChI is InChI=1S/C11H19N3O/c1-14(2)8-4-7-13-11-10(9-15)5-3-6-12-11/h3,5-6,15H,4,7-9H2,1-2H3,(H,12,13). The van der Waals surface area contributed by atoms with E-state index in [1.807, 2.05) is 12.1 Å². The molecule has 1 heterocycles. The van der Waals surface area contributed by atoms with E-state index in [0.29, 0.717) is 0 Å². The van der Waals surface area contributed by atoms with E-state index in [-0.39, 0.29) is 6.61 Å². The van der Waals surface area contributed by atoms with Crippen LogP contribution in [0.3, 0.4) is 0 Å². The molecular formula is C11H19N3O. The first-order valence-corrected chi connectivity index (χ1v) is 5.17. The van der Waals surface area contributed by atoms with E-state index in [1.54, 1.807) is 6.20 Å². The zero-order chi connectivity index (χ0) is 11.1. The van der Waals surface area contributed by atoms with Crippen LogP contribution in [0.4, 0.5) is 5.82 Å². The van der Waals surface area contributed by atoms with Crippen molar-refractivity contribution in [2.75, 3.05) is 32.5 Å². The van der Waals surface area contributed by atoms with Gasteiger partial charge in [-0.25, -0.2) is 4.98 Å². The van der Waals surface area contributed by atoms with Crippen molar-refractivity contribution in [3.63, 3.8) is 0 Å². The second-order valence-corrected chi connectivity index (χ2v) is 3.75. The van der Waals surface area contributed by atoms with Gasteiger partial charge in [0.25, 0.3) is 0 Å². The zero-order valence-corrected chi connectivity index (χ0v) is 9.40. The number of rotatable bonds is 6. The summed E-state index contributed by atoms with van der Waals surface area (Å²) in [5.74, 6) is 0.791. The van der Waals surface area contributed by atoms with Gasteiger partial charge in [-0.05, 0) is 33.1 Å². The summed E-state index contributed by atoms with van der Waals surface area (Å²) in [7, 11) is 4.11. The molecule has 2 N–H and O–H groups in total. The van der Waals surface area contributed by atoms with E-state index in [4.69, 9.17) is 5.11 Å². The lowest BCUT2D eigenvalue weighted by Gasteiger charge is -2.11. The molecule has 1 aromatic heterocycles. The molecule has 15 heavy (non-hydrogen) atoms. The molecule has 0 atom stereocenters. The van der Waals surface area contributed by atoms with Gasteiger partial charge in [0.15, 0.2) is 0 Å². The summed E-state index contributed by atoms with van der Waals surface area (Å²) in [6, 6.07) is 3.71. The van der Waals surface area contributed by atoms with Gasteiger partial charge in [0.2, 0.25) is 0 Å². The van der Waals surface area contributed by atoms with Gasteiger partial charge >= 0.3 is 0 Å². The van der Waals surface area contributed by atoms with E-state index in [2.05, 4.69) is 29.3 Å². The van der Waals surface area contributed by atoms with Gasteiger partial charge < -0.3 is 15.3 Å². The molecule has 84 valence electrons. The summed E-state index contributed by atoms with van der Waals surface area (Å²) in [6.45, 7) is 1.96. The van der Waals surface area contributed by atoms with Crippen molar-refractivity contribution in [2.45, 2.75) is 13.0 Å². The molecule has 0 saturated heterocycles. The molecule has 0 bridgehead atoms. The molecule has 0 spiro atoms. The number of anilines is 1. The molecule has 4 heteroatoms. The Morgan fingerprint density at radius 3 is 2.93 bits per heavy atom. The van der Waals surface area contributed by atoms with E-state index in [1.165, 1.54) is 0 Å². The SMILES string of the molecule is CN(C)CCCNc1ncccc1CO. The minimum atomic E-state index is 0.0316. The van der Waals surface area contributed by atoms with Gasteiger partial charge in [0, 0.05) is 18.3 Å². The number of hydrogen-bond donors (Lipinski definition) is 2. The highest BCUT2D eigenvalue weighted by Gasteiger charge is 2.00. The molecule has 0 fully saturated rings. The third-order valence-corrected chi connectivity index (χ3v) is 2.14. The van der Waals surface area contributed by atoms with Crippen molar-refractivity contribution in [1.29, 1.82) is 0 Å². The lowest BCUT2D eigenvalue weighted by Crippen LogP contribution is -2.17. The first kappa shape index (κ1) is 11.9. The fourth-order valence-electron chi connectivity index (χ4n) is 1.33. The van der Waals surface area contributed by atoms with Crippen LogP contribution in [0.15, 0.2) is 18.3 Å². The summed E-state index contributed by atoms with van der Waals surface area (Å²) in [5.41, 5.74) is 0.849. The Bertz CT molecular complexity index is 289. The fraction of sp³-hybridized carbons (Fsp3) is 0.545. The number of aliphatic hydroxyl groups is 1. The zero-order valence-electron chi connectivity index (χ0n) is 9.40. The van der Waals surface area contributed by atoms with Gasteiger partial charge in [-0.15, -0.1) is 0 Å². The van der Waals surface area contributed by atoms with Crippen molar-refractivity contribution in [1.82, 2.24) is 9.88 Å². The maximum Gasteiger partial charge on any atom is 0.131 e. The van der Waals surface area contributed by atoms with Crippen LogP contribution in [0, 0.1) is 0 Å². The van der Waals surface area contributed by atoms with Gasteiger partial charge in [-0.2, -0.15) is 0 Å². The third-order valence-electron chi connectivity index (χ3n) is 2.14. The smallest absolute Gasteiger partial charge is 0.131 e. The largest absolute Gasteiger partial charge is 0.392 e. The minimum absolute atomic E-state index is 0.0316. The minimum Gasteiger partial charge on any atom is -0.392 e. The summed E-state index contributed by atoms with van der Waals surface area (Å²) < 4.78 is 0. The van der Waals surface area contributed by atoms with Crippen LogP contribution in [0.2, 0.25) is 0 Å². The predicted octanol–water partition coefficient (Wildman–Crippen LogP) is 0.937. The molecule has 4 nitrogen and oxygen atoms in total. The molecular weight excluding hydrogens is 190 g/mol. The lowest BCUT2D eigenvalue weighted by molar-refractivity contribution is 0.282. The second kappa shape index (κ2) is 6.37. The lowest BCUT2D eigenvalue weighted by atomic mass is 10.2. The molecule has 0 aliphatic rings. The van der Waals surface area contributed by atoms with E-state index in [9.17, 15) is 0 Å². The Morgan fingerprint density at radius 2 is 2.27 bits per heavy atom. The summed E-state index contributed by atoms with van der Waals surface area (Å²) >= 11 is 0. The van der Waals surface area contributed by atoms with Crippen LogP contribution >= 0.6 is 0 Å². The first-order chi connectivity index (χ1) is 7.24. The Labute approximate surface area is 90.9 Å². The van der Waals surface area contributed by atoms with Crippen molar-refractivity contribution in [2.24, 2.45) is 0 Å². The molecule has 1 aromatic rings. The molecule has 0 aliphatic carbocycles. The van der Waals surface area contributed by atoms with Crippen LogP contribution in [-0.4, -0.2) is 42.2 Å². The van der Waals surface area contributed by atoms with E-state index < -0.39 is 0 Å². The topological polar surface area (TPSA) is 48.4 Å². The highest BCUT2D eigenvalue weighted by atomic mass is 16.3. The third kappa shape index (κ3) is 4.27. The molecule has 0 aromatic carbocycles. The number of pyridine rings is 1. The number of aliphatic hydroxyl groups excluding tert-OH is 1. The average molecular weight is 209 g/mol. The van der Waals surface area contributed by atoms with Gasteiger partial charge in [-0.1, -0.05) is 6.07 Å². The monoisotopic (exact) mass is 209 g/mol. The van der Waals surface area contributed by atoms with Crippen molar-refractivity contribution in [3.05, 3.63) is 23.9 Å². The maximum atomic E-state index is 9.07. The second-order valence-electron chi connectivity index (χ2n) is 3.75. The Morgan fingerprint density at radius 1 is 1.47 bits per heavy atom. The number of nitrogens with zero attached hydrogens (tertiary/aromatic N) is 2. The normalized spacial score (nSPS) is 10.7. The average Bonchev–Trinajstić information content (AvgIpc) is 2.24. The van der Waals surface area contributed by atoms with Crippen molar-refractivity contribution in [3.8, 4) is 0 Å². The quantitative estimate of drug-likeness (QED) is 0.684. The summed E-state index contributed by atoms with van der Waals surface area (Å²) in [6.07, 6.45) is 2.79. The molecule has 0 aliphatic heterocycles. The highest BCUT2D eigenvalue weighted by Crippen LogP contribution is 2.10. The van der Waals surface area contributed by atoms with Crippen LogP contribution in [0.25, 0.3) is 0 Å². The maximum absolute atomic E-state index is 9.07. The molecule has 1 rings (SSSR count). The number of nitrogens with one attached hydrogen (secondary N) is 1. The van der Waals surface area contributed by atoms with Crippen molar-refractivity contribution >= 4 is 5.82 Å². The molecule has 0 saturated carbocycles. The van der Waals surface area contributed by atoms with Crippen LogP contribution < -0.4 is 5.32 Å². The molecule has 0 unspecified atom stereocenters. The Kier molecular flexibility index (Phi) is 5.07. The van der Waals surface area contributed by atoms with E-state index >= 15 is 0 Å². The summed E-state index contributed by atoms with van der Waals surface area (Å²) in [4.78, 5) is 6.33. The molecule has 0 radical (unpaired) electrons. The first-order valence-electron chi connectivity index (χ1n) is 5.17.